The first-order valence-electron chi connectivity index (χ1n) is 11.2. The summed E-state index contributed by atoms with van der Waals surface area (Å²) in [5.41, 5.74) is 5.50. The van der Waals surface area contributed by atoms with Crippen LogP contribution in [0, 0.1) is 11.7 Å². The van der Waals surface area contributed by atoms with Gasteiger partial charge in [0.1, 0.15) is 11.5 Å². The van der Waals surface area contributed by atoms with Crippen molar-refractivity contribution in [1.82, 2.24) is 15.3 Å². The zero-order valence-electron chi connectivity index (χ0n) is 17.5. The molecule has 0 radical (unpaired) electrons. The van der Waals surface area contributed by atoms with E-state index < -0.39 is 0 Å². The number of hydrogen-bond donors (Lipinski definition) is 2. The minimum Gasteiger partial charge on any atom is -0.342 e. The number of halogens is 2. The number of nitrogens with zero attached hydrogens (tertiary/aromatic N) is 1. The van der Waals surface area contributed by atoms with Crippen molar-refractivity contribution in [2.45, 2.75) is 38.0 Å². The fourth-order valence-corrected chi connectivity index (χ4v) is 5.42. The summed E-state index contributed by atoms with van der Waals surface area (Å²) in [7, 11) is 0. The molecule has 1 aromatic carbocycles. The number of pyridine rings is 1. The zero-order chi connectivity index (χ0) is 21.2. The summed E-state index contributed by atoms with van der Waals surface area (Å²) < 4.78 is 13.6. The number of aromatic nitrogens is 2. The van der Waals surface area contributed by atoms with Gasteiger partial charge in [-0.15, -0.1) is 0 Å². The van der Waals surface area contributed by atoms with Crippen LogP contribution in [0.2, 0.25) is 5.02 Å². The fourth-order valence-electron chi connectivity index (χ4n) is 5.02. The van der Waals surface area contributed by atoms with Crippen LogP contribution in [0.4, 0.5) is 4.39 Å². The first kappa shape index (κ1) is 20.5. The summed E-state index contributed by atoms with van der Waals surface area (Å²) >= 11 is 6.97. The molecule has 3 heterocycles. The predicted octanol–water partition coefficient (Wildman–Crippen LogP) is 6.41. The molecule has 5 heteroatoms. The van der Waals surface area contributed by atoms with Crippen LogP contribution >= 0.6 is 11.6 Å². The Morgan fingerprint density at radius 1 is 1.16 bits per heavy atom. The second-order valence-corrected chi connectivity index (χ2v) is 8.99. The number of benzene rings is 1. The molecule has 160 valence electrons. The molecule has 0 saturated carbocycles. The monoisotopic (exact) mass is 435 g/mol. The van der Waals surface area contributed by atoms with Crippen LogP contribution in [-0.4, -0.2) is 23.1 Å². The van der Waals surface area contributed by atoms with Gasteiger partial charge in [-0.05, 0) is 86.0 Å². The summed E-state index contributed by atoms with van der Waals surface area (Å²) in [6.45, 7) is 2.05. The van der Waals surface area contributed by atoms with Gasteiger partial charge in [-0.2, -0.15) is 0 Å². The molecule has 2 aromatic heterocycles. The molecule has 0 spiro atoms. The van der Waals surface area contributed by atoms with Crippen LogP contribution in [0.5, 0.6) is 0 Å². The molecular formula is C26H27ClFN3. The Hall–Kier alpha value is -2.43. The van der Waals surface area contributed by atoms with E-state index in [4.69, 9.17) is 11.6 Å². The second-order valence-electron chi connectivity index (χ2n) is 8.61. The molecule has 3 aromatic rings. The van der Waals surface area contributed by atoms with E-state index in [1.165, 1.54) is 17.2 Å². The van der Waals surface area contributed by atoms with E-state index in [9.17, 15) is 4.39 Å². The van der Waals surface area contributed by atoms with E-state index in [0.29, 0.717) is 11.8 Å². The Morgan fingerprint density at radius 2 is 2.03 bits per heavy atom. The average molecular weight is 436 g/mol. The molecule has 1 saturated heterocycles. The molecule has 1 aliphatic heterocycles. The van der Waals surface area contributed by atoms with Crippen molar-refractivity contribution in [3.8, 4) is 0 Å². The van der Waals surface area contributed by atoms with E-state index in [1.807, 2.05) is 12.3 Å². The highest BCUT2D eigenvalue weighted by Gasteiger charge is 2.25. The number of aryl methyl sites for hydroxylation is 1. The van der Waals surface area contributed by atoms with Crippen LogP contribution in [0.15, 0.2) is 54.8 Å². The maximum atomic E-state index is 13.6. The van der Waals surface area contributed by atoms with Crippen molar-refractivity contribution < 1.29 is 4.39 Å². The molecular weight excluding hydrogens is 409 g/mol. The van der Waals surface area contributed by atoms with Gasteiger partial charge in [0.2, 0.25) is 0 Å². The Balaban J connectivity index is 1.47. The second kappa shape index (κ2) is 8.97. The number of H-pyrrole nitrogens is 1. The van der Waals surface area contributed by atoms with Crippen LogP contribution in [0.25, 0.3) is 16.6 Å². The number of hydrogen-bond acceptors (Lipinski definition) is 2. The maximum absolute atomic E-state index is 13.6. The maximum Gasteiger partial charge on any atom is 0.139 e. The number of piperidine rings is 1. The third kappa shape index (κ3) is 4.19. The summed E-state index contributed by atoms with van der Waals surface area (Å²) in [5, 5.41) is 5.29. The van der Waals surface area contributed by atoms with E-state index in [0.717, 1.165) is 72.5 Å². The standard InChI is InChI=1S/C26H27ClFN3/c27-24-23-22(12-15-30-26(23)31-25(24)19-10-13-29-14-11-19)21-7-2-1-5-18(21)9-8-17-4-3-6-20(28)16-17/h1-4,6-7,12,15-16,18-19,29H,5,8-11,13-14H2,(H,30,31). The van der Waals surface area contributed by atoms with Gasteiger partial charge in [0, 0.05) is 23.2 Å². The third-order valence-electron chi connectivity index (χ3n) is 6.66. The molecule has 3 nitrogen and oxygen atoms in total. The Labute approximate surface area is 187 Å². The average Bonchev–Trinajstić information content (AvgIpc) is 3.15. The van der Waals surface area contributed by atoms with E-state index in [-0.39, 0.29) is 5.82 Å². The molecule has 5 rings (SSSR count). The largest absolute Gasteiger partial charge is 0.342 e. The first-order chi connectivity index (χ1) is 15.2. The molecule has 31 heavy (non-hydrogen) atoms. The van der Waals surface area contributed by atoms with Gasteiger partial charge in [-0.1, -0.05) is 42.0 Å². The minimum atomic E-state index is -0.169. The van der Waals surface area contributed by atoms with Crippen molar-refractivity contribution in [2.75, 3.05) is 13.1 Å². The smallest absolute Gasteiger partial charge is 0.139 e. The number of allylic oxidation sites excluding steroid dienone is 4. The summed E-state index contributed by atoms with van der Waals surface area (Å²) in [6.07, 6.45) is 13.4. The topological polar surface area (TPSA) is 40.7 Å². The van der Waals surface area contributed by atoms with Crippen LogP contribution in [0.1, 0.15) is 48.4 Å². The van der Waals surface area contributed by atoms with Crippen molar-refractivity contribution in [2.24, 2.45) is 5.92 Å². The Kier molecular flexibility index (Phi) is 5.93. The molecule has 1 unspecified atom stereocenters. The lowest BCUT2D eigenvalue weighted by Gasteiger charge is -2.23. The van der Waals surface area contributed by atoms with Gasteiger partial charge >= 0.3 is 0 Å². The highest BCUT2D eigenvalue weighted by molar-refractivity contribution is 6.37. The molecule has 0 amide bonds. The highest BCUT2D eigenvalue weighted by atomic mass is 35.5. The first-order valence-corrected chi connectivity index (χ1v) is 11.6. The van der Waals surface area contributed by atoms with Crippen molar-refractivity contribution in [3.63, 3.8) is 0 Å². The predicted molar refractivity (Wildman–Crippen MR) is 126 cm³/mol. The van der Waals surface area contributed by atoms with Gasteiger partial charge < -0.3 is 10.3 Å². The fraction of sp³-hybridized carbons (Fsp3) is 0.346. The lowest BCUT2D eigenvalue weighted by Crippen LogP contribution is -2.26. The van der Waals surface area contributed by atoms with E-state index in [2.05, 4.69) is 39.6 Å². The molecule has 2 aliphatic rings. The van der Waals surface area contributed by atoms with Gasteiger partial charge in [-0.25, -0.2) is 9.37 Å². The zero-order valence-corrected chi connectivity index (χ0v) is 18.3. The van der Waals surface area contributed by atoms with Crippen molar-refractivity contribution >= 4 is 28.2 Å². The summed E-state index contributed by atoms with van der Waals surface area (Å²) in [4.78, 5) is 8.13. The van der Waals surface area contributed by atoms with E-state index >= 15 is 0 Å². The number of rotatable bonds is 5. The van der Waals surface area contributed by atoms with Gasteiger partial charge in [-0.3, -0.25) is 0 Å². The van der Waals surface area contributed by atoms with Gasteiger partial charge in [0.15, 0.2) is 0 Å². The Morgan fingerprint density at radius 3 is 2.87 bits per heavy atom. The normalized spacial score (nSPS) is 19.7. The molecule has 1 fully saturated rings. The SMILES string of the molecule is Fc1cccc(CCC2CC=CC=C2c2ccnc3[nH]c(C4CCNCC4)c(Cl)c23)c1. The van der Waals surface area contributed by atoms with Gasteiger partial charge in [0.05, 0.1) is 5.02 Å². The molecule has 1 aliphatic carbocycles. The van der Waals surface area contributed by atoms with E-state index in [1.54, 1.807) is 12.1 Å². The lowest BCUT2D eigenvalue weighted by atomic mass is 9.82. The van der Waals surface area contributed by atoms with Crippen molar-refractivity contribution in [1.29, 1.82) is 0 Å². The van der Waals surface area contributed by atoms with Gasteiger partial charge in [0.25, 0.3) is 0 Å². The lowest BCUT2D eigenvalue weighted by molar-refractivity contribution is 0.455. The Bertz CT molecular complexity index is 1140. The third-order valence-corrected chi connectivity index (χ3v) is 7.05. The van der Waals surface area contributed by atoms with Crippen LogP contribution in [-0.2, 0) is 6.42 Å². The molecule has 0 bridgehead atoms. The highest BCUT2D eigenvalue weighted by Crippen LogP contribution is 2.42. The quantitative estimate of drug-likeness (QED) is 0.485. The molecule has 2 N–H and O–H groups in total. The number of fused-ring (bicyclic) bond motifs is 1. The van der Waals surface area contributed by atoms with Crippen LogP contribution in [0.3, 0.4) is 0 Å². The number of aromatic amines is 1. The van der Waals surface area contributed by atoms with Crippen molar-refractivity contribution in [3.05, 3.63) is 82.4 Å². The molecule has 1 atom stereocenters. The summed E-state index contributed by atoms with van der Waals surface area (Å²) in [6, 6.07) is 9.02. The summed E-state index contributed by atoms with van der Waals surface area (Å²) in [5.74, 6) is 0.643. The minimum absolute atomic E-state index is 0.169. The number of nitrogens with one attached hydrogen (secondary N) is 2. The van der Waals surface area contributed by atoms with Crippen LogP contribution < -0.4 is 5.32 Å².